The van der Waals surface area contributed by atoms with Gasteiger partial charge in [0.15, 0.2) is 0 Å². The Bertz CT molecular complexity index is 294. The number of hydrogen-bond donors (Lipinski definition) is 4. The molecule has 5 atom stereocenters. The molecular formula is C12H23NO6. The van der Waals surface area contributed by atoms with Crippen molar-refractivity contribution in [3.05, 3.63) is 0 Å². The summed E-state index contributed by atoms with van der Waals surface area (Å²) in [6.07, 6.45) is -6.16. The maximum absolute atomic E-state index is 11.9. The highest BCUT2D eigenvalue weighted by Gasteiger charge is 2.44. The molecule has 0 aromatic carbocycles. The quantitative estimate of drug-likeness (QED) is 0.466. The molecular weight excluding hydrogens is 254 g/mol. The number of carbonyl (C=O) groups is 1. The molecule has 0 aromatic heterocycles. The van der Waals surface area contributed by atoms with Gasteiger partial charge in [-0.2, -0.15) is 0 Å². The molecule has 4 N–H and O–H groups in total. The maximum atomic E-state index is 11.9. The minimum absolute atomic E-state index is 0.0941. The van der Waals surface area contributed by atoms with Crippen molar-refractivity contribution < 1.29 is 30.0 Å². The molecule has 0 spiro atoms. The molecule has 1 aliphatic rings. The number of nitrogens with zero attached hydrogens (tertiary/aromatic N) is 1. The first-order valence-electron chi connectivity index (χ1n) is 6.54. The average Bonchev–Trinajstić information content (AvgIpc) is 2.40. The minimum atomic E-state index is -1.43. The Kier molecular flexibility index (Phi) is 6.15. The normalized spacial score (nSPS) is 35.2. The fourth-order valence-corrected chi connectivity index (χ4v) is 2.22. The van der Waals surface area contributed by atoms with Gasteiger partial charge in [-0.05, 0) is 13.8 Å². The highest BCUT2D eigenvalue weighted by atomic mass is 16.5. The summed E-state index contributed by atoms with van der Waals surface area (Å²) in [6.45, 7) is 4.30. The van der Waals surface area contributed by atoms with E-state index in [9.17, 15) is 20.1 Å². The number of carbonyl (C=O) groups excluding carboxylic acids is 1. The zero-order valence-electron chi connectivity index (χ0n) is 11.3. The Labute approximate surface area is 112 Å². The summed E-state index contributed by atoms with van der Waals surface area (Å²) >= 11 is 0. The van der Waals surface area contributed by atoms with Crippen molar-refractivity contribution in [1.82, 2.24) is 4.90 Å². The summed E-state index contributed by atoms with van der Waals surface area (Å²) in [7, 11) is 0. The van der Waals surface area contributed by atoms with E-state index >= 15 is 0 Å². The molecule has 0 saturated carbocycles. The van der Waals surface area contributed by atoms with E-state index in [1.807, 2.05) is 13.8 Å². The monoisotopic (exact) mass is 277 g/mol. The lowest BCUT2D eigenvalue weighted by molar-refractivity contribution is -0.230. The second-order valence-corrected chi connectivity index (χ2v) is 4.64. The predicted octanol–water partition coefficient (Wildman–Crippen LogP) is -1.91. The van der Waals surface area contributed by atoms with Gasteiger partial charge in [-0.15, -0.1) is 0 Å². The van der Waals surface area contributed by atoms with Gasteiger partial charge in [0.25, 0.3) is 0 Å². The molecule has 1 amide bonds. The largest absolute Gasteiger partial charge is 0.394 e. The number of rotatable bonds is 5. The van der Waals surface area contributed by atoms with Crippen LogP contribution in [0.2, 0.25) is 0 Å². The van der Waals surface area contributed by atoms with E-state index in [1.165, 1.54) is 0 Å². The highest BCUT2D eigenvalue weighted by molar-refractivity contribution is 5.76. The standard InChI is InChI=1S/C12H23NO6/c1-3-13(4-2)9(15)5-7-10(16)12(18)11(17)8(6-14)19-7/h7-8,10-12,14,16-18H,3-6H2,1-2H3/t7-,8-,10+,11+,12-/m1/s1. The van der Waals surface area contributed by atoms with Gasteiger partial charge in [-0.3, -0.25) is 4.79 Å². The molecule has 1 rings (SSSR count). The van der Waals surface area contributed by atoms with Gasteiger partial charge in [0, 0.05) is 13.1 Å². The third-order valence-electron chi connectivity index (χ3n) is 3.48. The highest BCUT2D eigenvalue weighted by Crippen LogP contribution is 2.23. The van der Waals surface area contributed by atoms with Crippen LogP contribution in [0.25, 0.3) is 0 Å². The first-order valence-corrected chi connectivity index (χ1v) is 6.54. The fraction of sp³-hybridized carbons (Fsp3) is 0.917. The van der Waals surface area contributed by atoms with Crippen LogP contribution in [0.5, 0.6) is 0 Å². The van der Waals surface area contributed by atoms with Crippen molar-refractivity contribution in [2.24, 2.45) is 0 Å². The molecule has 7 heteroatoms. The van der Waals surface area contributed by atoms with Crippen LogP contribution in [0.4, 0.5) is 0 Å². The zero-order chi connectivity index (χ0) is 14.6. The van der Waals surface area contributed by atoms with E-state index in [1.54, 1.807) is 4.90 Å². The summed E-state index contributed by atoms with van der Waals surface area (Å²) in [6, 6.07) is 0. The van der Waals surface area contributed by atoms with Crippen LogP contribution in [-0.2, 0) is 9.53 Å². The molecule has 7 nitrogen and oxygen atoms in total. The summed E-state index contributed by atoms with van der Waals surface area (Å²) in [4.78, 5) is 13.5. The first kappa shape index (κ1) is 16.3. The zero-order valence-corrected chi connectivity index (χ0v) is 11.3. The van der Waals surface area contributed by atoms with E-state index in [0.717, 1.165) is 0 Å². The Balaban J connectivity index is 2.69. The molecule has 0 aromatic rings. The van der Waals surface area contributed by atoms with Crippen LogP contribution in [0.3, 0.4) is 0 Å². The Morgan fingerprint density at radius 3 is 2.05 bits per heavy atom. The predicted molar refractivity (Wildman–Crippen MR) is 66.3 cm³/mol. The van der Waals surface area contributed by atoms with Crippen LogP contribution < -0.4 is 0 Å². The number of amides is 1. The molecule has 112 valence electrons. The van der Waals surface area contributed by atoms with Crippen LogP contribution in [0, 0.1) is 0 Å². The third kappa shape index (κ3) is 3.64. The smallest absolute Gasteiger partial charge is 0.225 e. The lowest BCUT2D eigenvalue weighted by Gasteiger charge is -2.40. The molecule has 1 saturated heterocycles. The van der Waals surface area contributed by atoms with Crippen molar-refractivity contribution >= 4 is 5.91 Å². The van der Waals surface area contributed by atoms with Gasteiger partial charge in [-0.25, -0.2) is 0 Å². The molecule has 1 fully saturated rings. The van der Waals surface area contributed by atoms with E-state index < -0.39 is 37.1 Å². The lowest BCUT2D eigenvalue weighted by Crippen LogP contribution is -2.59. The van der Waals surface area contributed by atoms with Crippen molar-refractivity contribution in [2.45, 2.75) is 50.8 Å². The summed E-state index contributed by atoms with van der Waals surface area (Å²) in [5, 5.41) is 38.1. The Hall–Kier alpha value is -0.730. The van der Waals surface area contributed by atoms with Crippen LogP contribution in [0.1, 0.15) is 20.3 Å². The minimum Gasteiger partial charge on any atom is -0.394 e. The summed E-state index contributed by atoms with van der Waals surface area (Å²) in [5.74, 6) is -0.200. The number of aliphatic hydroxyl groups is 4. The topological polar surface area (TPSA) is 110 Å². The van der Waals surface area contributed by atoms with Crippen molar-refractivity contribution in [1.29, 1.82) is 0 Å². The maximum Gasteiger partial charge on any atom is 0.225 e. The average molecular weight is 277 g/mol. The molecule has 1 aliphatic heterocycles. The van der Waals surface area contributed by atoms with Gasteiger partial charge in [0.1, 0.15) is 24.4 Å². The van der Waals surface area contributed by atoms with Gasteiger partial charge >= 0.3 is 0 Å². The van der Waals surface area contributed by atoms with E-state index in [0.29, 0.717) is 13.1 Å². The molecule has 0 radical (unpaired) electrons. The van der Waals surface area contributed by atoms with E-state index in [-0.39, 0.29) is 12.3 Å². The molecule has 0 unspecified atom stereocenters. The molecule has 0 aliphatic carbocycles. The number of hydrogen-bond acceptors (Lipinski definition) is 6. The van der Waals surface area contributed by atoms with E-state index in [2.05, 4.69) is 0 Å². The Morgan fingerprint density at radius 1 is 1.05 bits per heavy atom. The Morgan fingerprint density at radius 2 is 1.58 bits per heavy atom. The fourth-order valence-electron chi connectivity index (χ4n) is 2.22. The second kappa shape index (κ2) is 7.16. The van der Waals surface area contributed by atoms with Crippen molar-refractivity contribution in [2.75, 3.05) is 19.7 Å². The van der Waals surface area contributed by atoms with Gasteiger partial charge in [0.05, 0.1) is 19.1 Å². The van der Waals surface area contributed by atoms with Crippen LogP contribution in [-0.4, -0.2) is 81.4 Å². The first-order chi connectivity index (χ1) is 8.96. The molecule has 1 heterocycles. The lowest BCUT2D eigenvalue weighted by atomic mass is 9.93. The second-order valence-electron chi connectivity index (χ2n) is 4.64. The molecule has 19 heavy (non-hydrogen) atoms. The SMILES string of the molecule is CCN(CC)C(=O)C[C@H]1O[C@H](CO)[C@H](O)[C@H](O)[C@H]1O. The van der Waals surface area contributed by atoms with Crippen molar-refractivity contribution in [3.8, 4) is 0 Å². The molecule has 0 bridgehead atoms. The van der Waals surface area contributed by atoms with Crippen LogP contribution in [0.15, 0.2) is 0 Å². The number of ether oxygens (including phenoxy) is 1. The van der Waals surface area contributed by atoms with Crippen molar-refractivity contribution in [3.63, 3.8) is 0 Å². The van der Waals surface area contributed by atoms with Crippen LogP contribution >= 0.6 is 0 Å². The van der Waals surface area contributed by atoms with Gasteiger partial charge in [-0.1, -0.05) is 0 Å². The number of aliphatic hydroxyl groups excluding tert-OH is 4. The van der Waals surface area contributed by atoms with E-state index in [4.69, 9.17) is 9.84 Å². The third-order valence-corrected chi connectivity index (χ3v) is 3.48. The summed E-state index contributed by atoms with van der Waals surface area (Å²) in [5.41, 5.74) is 0. The van der Waals surface area contributed by atoms with Gasteiger partial charge in [0.2, 0.25) is 5.91 Å². The summed E-state index contributed by atoms with van der Waals surface area (Å²) < 4.78 is 5.28. The van der Waals surface area contributed by atoms with Gasteiger partial charge < -0.3 is 30.1 Å².